The van der Waals surface area contributed by atoms with E-state index in [1.165, 1.54) is 5.56 Å². The molecule has 0 fully saturated rings. The molecule has 0 spiro atoms. The number of nitrogens with zero attached hydrogens (tertiary/aromatic N) is 4. The number of halogens is 1. The SMILES string of the molecule is CCNC(=NCCCc1nnc2ccccn12)NC(C)c1ccccc1Br. The Hall–Kier alpha value is -2.41. The highest BCUT2D eigenvalue weighted by molar-refractivity contribution is 9.10. The lowest BCUT2D eigenvalue weighted by Crippen LogP contribution is -2.38. The first kappa shape index (κ1) is 19.4. The summed E-state index contributed by atoms with van der Waals surface area (Å²) >= 11 is 3.62. The van der Waals surface area contributed by atoms with Crippen LogP contribution in [-0.4, -0.2) is 33.6 Å². The second kappa shape index (κ2) is 9.50. The third kappa shape index (κ3) is 5.07. The van der Waals surface area contributed by atoms with Crippen molar-refractivity contribution in [1.82, 2.24) is 25.2 Å². The molecule has 0 amide bonds. The first-order chi connectivity index (χ1) is 13.2. The number of nitrogens with one attached hydrogen (secondary N) is 2. The molecule has 1 atom stereocenters. The highest BCUT2D eigenvalue weighted by Crippen LogP contribution is 2.22. The van der Waals surface area contributed by atoms with Crippen molar-refractivity contribution in [3.8, 4) is 0 Å². The molecule has 27 heavy (non-hydrogen) atoms. The molecule has 142 valence electrons. The molecule has 1 aromatic carbocycles. The minimum Gasteiger partial charge on any atom is -0.357 e. The molecule has 0 radical (unpaired) electrons. The molecule has 0 saturated heterocycles. The van der Waals surface area contributed by atoms with Gasteiger partial charge in [0.25, 0.3) is 0 Å². The first-order valence-electron chi connectivity index (χ1n) is 9.27. The minimum atomic E-state index is 0.152. The number of aliphatic imine (C=N–C) groups is 1. The first-order valence-corrected chi connectivity index (χ1v) is 10.1. The van der Waals surface area contributed by atoms with Crippen molar-refractivity contribution in [3.05, 3.63) is 64.5 Å². The maximum Gasteiger partial charge on any atom is 0.191 e. The van der Waals surface area contributed by atoms with Gasteiger partial charge in [0.15, 0.2) is 11.6 Å². The van der Waals surface area contributed by atoms with Gasteiger partial charge < -0.3 is 10.6 Å². The van der Waals surface area contributed by atoms with E-state index in [0.717, 1.165) is 47.8 Å². The summed E-state index contributed by atoms with van der Waals surface area (Å²) < 4.78 is 3.13. The van der Waals surface area contributed by atoms with Gasteiger partial charge in [0, 0.05) is 30.2 Å². The van der Waals surface area contributed by atoms with Gasteiger partial charge in [0.2, 0.25) is 0 Å². The van der Waals surface area contributed by atoms with Crippen LogP contribution in [0.2, 0.25) is 0 Å². The second-order valence-corrected chi connectivity index (χ2v) is 7.15. The van der Waals surface area contributed by atoms with E-state index in [1.807, 2.05) is 40.9 Å². The second-order valence-electron chi connectivity index (χ2n) is 6.30. The van der Waals surface area contributed by atoms with Gasteiger partial charge in [0.1, 0.15) is 5.82 Å². The summed E-state index contributed by atoms with van der Waals surface area (Å²) in [5.74, 6) is 1.80. The molecule has 2 aromatic heterocycles. The van der Waals surface area contributed by atoms with Crippen LogP contribution in [-0.2, 0) is 6.42 Å². The third-order valence-corrected chi connectivity index (χ3v) is 5.00. The Morgan fingerprint density at radius 1 is 1.19 bits per heavy atom. The number of fused-ring (bicyclic) bond motifs is 1. The Bertz CT molecular complexity index is 904. The standard InChI is InChI=1S/C20H25BrN6/c1-3-22-20(24-15(2)16-9-4-5-10-17(16)21)23-13-8-12-19-26-25-18-11-6-7-14-27(18)19/h4-7,9-11,14-15H,3,8,12-13H2,1-2H3,(H2,22,23,24). The normalized spacial score (nSPS) is 12.9. The van der Waals surface area contributed by atoms with E-state index in [2.05, 4.69) is 62.7 Å². The Morgan fingerprint density at radius 3 is 2.81 bits per heavy atom. The number of pyridine rings is 1. The zero-order chi connectivity index (χ0) is 19.1. The largest absolute Gasteiger partial charge is 0.357 e. The summed E-state index contributed by atoms with van der Waals surface area (Å²) in [5.41, 5.74) is 2.09. The number of benzene rings is 1. The van der Waals surface area contributed by atoms with Crippen LogP contribution < -0.4 is 10.6 Å². The van der Waals surface area contributed by atoms with Gasteiger partial charge in [-0.25, -0.2) is 0 Å². The Kier molecular flexibility index (Phi) is 6.81. The molecular weight excluding hydrogens is 404 g/mol. The molecule has 0 aliphatic rings. The van der Waals surface area contributed by atoms with Gasteiger partial charge in [-0.3, -0.25) is 9.39 Å². The van der Waals surface area contributed by atoms with Gasteiger partial charge >= 0.3 is 0 Å². The molecule has 0 saturated carbocycles. The molecular formula is C20H25BrN6. The fourth-order valence-corrected chi connectivity index (χ4v) is 3.55. The average molecular weight is 429 g/mol. The van der Waals surface area contributed by atoms with E-state index < -0.39 is 0 Å². The maximum atomic E-state index is 4.71. The van der Waals surface area contributed by atoms with Crippen molar-refractivity contribution in [1.29, 1.82) is 0 Å². The molecule has 7 heteroatoms. The highest BCUT2D eigenvalue weighted by atomic mass is 79.9. The van der Waals surface area contributed by atoms with Crippen LogP contribution in [0.25, 0.3) is 5.65 Å². The number of hydrogen-bond acceptors (Lipinski definition) is 3. The number of hydrogen-bond donors (Lipinski definition) is 2. The Balaban J connectivity index is 1.58. The van der Waals surface area contributed by atoms with Crippen LogP contribution in [0, 0.1) is 0 Å². The molecule has 1 unspecified atom stereocenters. The molecule has 0 aliphatic heterocycles. The predicted molar refractivity (Wildman–Crippen MR) is 113 cm³/mol. The molecule has 2 heterocycles. The van der Waals surface area contributed by atoms with Crippen molar-refractivity contribution in [2.45, 2.75) is 32.7 Å². The van der Waals surface area contributed by atoms with Gasteiger partial charge in [0.05, 0.1) is 6.04 Å². The van der Waals surface area contributed by atoms with Crippen molar-refractivity contribution in [2.75, 3.05) is 13.1 Å². The van der Waals surface area contributed by atoms with Crippen molar-refractivity contribution in [3.63, 3.8) is 0 Å². The average Bonchev–Trinajstić information content (AvgIpc) is 3.09. The topological polar surface area (TPSA) is 66.6 Å². The van der Waals surface area contributed by atoms with Gasteiger partial charge in [-0.1, -0.05) is 40.2 Å². The van der Waals surface area contributed by atoms with Crippen LogP contribution in [0.5, 0.6) is 0 Å². The van der Waals surface area contributed by atoms with Crippen molar-refractivity contribution < 1.29 is 0 Å². The smallest absolute Gasteiger partial charge is 0.191 e. The lowest BCUT2D eigenvalue weighted by atomic mass is 10.1. The predicted octanol–water partition coefficient (Wildman–Crippen LogP) is 3.74. The fourth-order valence-electron chi connectivity index (χ4n) is 2.92. The lowest BCUT2D eigenvalue weighted by molar-refractivity contribution is 0.678. The molecule has 2 N–H and O–H groups in total. The van der Waals surface area contributed by atoms with Crippen LogP contribution >= 0.6 is 15.9 Å². The summed E-state index contributed by atoms with van der Waals surface area (Å²) in [5, 5.41) is 15.3. The van der Waals surface area contributed by atoms with Crippen molar-refractivity contribution in [2.24, 2.45) is 4.99 Å². The van der Waals surface area contributed by atoms with Gasteiger partial charge in [-0.15, -0.1) is 10.2 Å². The Labute approximate surface area is 168 Å². The zero-order valence-corrected chi connectivity index (χ0v) is 17.3. The van der Waals surface area contributed by atoms with Crippen molar-refractivity contribution >= 4 is 27.5 Å². The number of aromatic nitrogens is 3. The fraction of sp³-hybridized carbons (Fsp3) is 0.350. The molecule has 0 bridgehead atoms. The number of rotatable bonds is 7. The monoisotopic (exact) mass is 428 g/mol. The van der Waals surface area contributed by atoms with Crippen LogP contribution in [0.3, 0.4) is 0 Å². The van der Waals surface area contributed by atoms with Crippen LogP contribution in [0.15, 0.2) is 58.1 Å². The lowest BCUT2D eigenvalue weighted by Gasteiger charge is -2.19. The number of guanidine groups is 1. The van der Waals surface area contributed by atoms with E-state index in [4.69, 9.17) is 4.99 Å². The van der Waals surface area contributed by atoms with E-state index >= 15 is 0 Å². The summed E-state index contributed by atoms with van der Waals surface area (Å²) in [6, 6.07) is 14.3. The molecule has 3 rings (SSSR count). The summed E-state index contributed by atoms with van der Waals surface area (Å²) in [4.78, 5) is 4.71. The highest BCUT2D eigenvalue weighted by Gasteiger charge is 2.10. The minimum absolute atomic E-state index is 0.152. The molecule has 6 nitrogen and oxygen atoms in total. The molecule has 3 aromatic rings. The van der Waals surface area contributed by atoms with Gasteiger partial charge in [-0.2, -0.15) is 0 Å². The molecule has 0 aliphatic carbocycles. The number of aryl methyl sites for hydroxylation is 1. The van der Waals surface area contributed by atoms with Crippen LogP contribution in [0.1, 0.15) is 37.7 Å². The summed E-state index contributed by atoms with van der Waals surface area (Å²) in [6.45, 7) is 5.75. The van der Waals surface area contributed by atoms with E-state index in [0.29, 0.717) is 0 Å². The third-order valence-electron chi connectivity index (χ3n) is 4.28. The summed E-state index contributed by atoms with van der Waals surface area (Å²) in [6.07, 6.45) is 3.75. The summed E-state index contributed by atoms with van der Waals surface area (Å²) in [7, 11) is 0. The van der Waals surface area contributed by atoms with Crippen LogP contribution in [0.4, 0.5) is 0 Å². The van der Waals surface area contributed by atoms with E-state index in [1.54, 1.807) is 0 Å². The van der Waals surface area contributed by atoms with E-state index in [9.17, 15) is 0 Å². The van der Waals surface area contributed by atoms with E-state index in [-0.39, 0.29) is 6.04 Å². The quantitative estimate of drug-likeness (QED) is 0.341. The van der Waals surface area contributed by atoms with Gasteiger partial charge in [-0.05, 0) is 44.0 Å². The maximum absolute atomic E-state index is 4.71. The zero-order valence-electron chi connectivity index (χ0n) is 15.7. The Morgan fingerprint density at radius 2 is 2.00 bits per heavy atom.